The third kappa shape index (κ3) is 42.2. The molecule has 4 fully saturated rings. The van der Waals surface area contributed by atoms with E-state index in [1.54, 1.807) is 34.9 Å². The number of nitrogens with zero attached hydrogens (tertiary/aromatic N) is 4. The molecule has 4 heterocycles. The molecule has 4 aliphatic heterocycles. The van der Waals surface area contributed by atoms with Crippen LogP contribution in [0.5, 0.6) is 5.75 Å². The van der Waals surface area contributed by atoms with Crippen LogP contribution in [-0.2, 0) is 45.7 Å². The number of carbonyl (C=O) groups is 8. The Kier molecular flexibility index (Phi) is 48.0. The molecular formula is C88H116N4O17S3. The van der Waals surface area contributed by atoms with Gasteiger partial charge in [-0.05, 0) is 162 Å². The van der Waals surface area contributed by atoms with Crippen molar-refractivity contribution in [3.05, 3.63) is 230 Å². The number of carbonyl (C=O) groups excluding carboxylic acids is 4. The van der Waals surface area contributed by atoms with Crippen LogP contribution in [0.4, 0.5) is 4.79 Å². The fourth-order valence-electron chi connectivity index (χ4n) is 12.5. The molecule has 8 N–H and O–H groups in total. The number of carboxylic acid groups (broad SMARTS) is 4. The number of para-hydroxylation sites is 1. The molecular weight excluding hydrogens is 1480 g/mol. The van der Waals surface area contributed by atoms with Crippen molar-refractivity contribution in [3.8, 4) is 5.75 Å². The summed E-state index contributed by atoms with van der Waals surface area (Å²) in [6, 6.07) is 39.3. The van der Waals surface area contributed by atoms with Crippen LogP contribution in [0.15, 0.2) is 223 Å². The topological polar surface area (TPSA) is 321 Å². The van der Waals surface area contributed by atoms with Crippen LogP contribution in [-0.4, -0.2) is 199 Å². The Labute approximate surface area is 674 Å². The van der Waals surface area contributed by atoms with Crippen molar-refractivity contribution in [2.75, 3.05) is 44.3 Å². The van der Waals surface area contributed by atoms with Crippen LogP contribution < -0.4 is 4.74 Å². The number of amides is 4. The van der Waals surface area contributed by atoms with Crippen molar-refractivity contribution in [3.63, 3.8) is 0 Å². The van der Waals surface area contributed by atoms with Gasteiger partial charge in [0.25, 0.3) is 0 Å². The van der Waals surface area contributed by atoms with Gasteiger partial charge in [0.05, 0.1) is 36.4 Å². The van der Waals surface area contributed by atoms with Gasteiger partial charge < -0.3 is 65.2 Å². The summed E-state index contributed by atoms with van der Waals surface area (Å²) in [6.45, 7) is 2.22. The summed E-state index contributed by atoms with van der Waals surface area (Å²) in [6.07, 6.45) is 44.1. The molecule has 0 saturated carbocycles. The second-order valence-corrected chi connectivity index (χ2v) is 30.6. The second-order valence-electron chi connectivity index (χ2n) is 27.4. The molecule has 0 aliphatic carbocycles. The average Bonchev–Trinajstić information content (AvgIpc) is 0.872. The molecule has 24 heteroatoms. The Bertz CT molecular complexity index is 3170. The maximum atomic E-state index is 12.3. The number of aliphatic hydroxyl groups is 4. The van der Waals surface area contributed by atoms with E-state index in [0.29, 0.717) is 120 Å². The third-order valence-electron chi connectivity index (χ3n) is 18.4. The van der Waals surface area contributed by atoms with Gasteiger partial charge in [0, 0.05) is 93.3 Å². The lowest BCUT2D eigenvalue weighted by atomic mass is 9.99. The number of hydrogen-bond acceptors (Lipinski definition) is 16. The number of aliphatic hydroxyl groups excluding tert-OH is 4. The molecule has 112 heavy (non-hydrogen) atoms. The maximum absolute atomic E-state index is 12.3. The van der Waals surface area contributed by atoms with E-state index >= 15 is 0 Å². The zero-order chi connectivity index (χ0) is 80.8. The first-order valence-electron chi connectivity index (χ1n) is 39.0. The van der Waals surface area contributed by atoms with Crippen molar-refractivity contribution >= 4 is 82.1 Å². The van der Waals surface area contributed by atoms with E-state index < -0.39 is 47.0 Å². The molecule has 4 aliphatic rings. The van der Waals surface area contributed by atoms with Gasteiger partial charge in [0.15, 0.2) is 0 Å². The van der Waals surface area contributed by atoms with Gasteiger partial charge in [-0.2, -0.15) is 0 Å². The van der Waals surface area contributed by atoms with Crippen molar-refractivity contribution in [1.29, 1.82) is 0 Å². The van der Waals surface area contributed by atoms with Crippen LogP contribution in [0.1, 0.15) is 159 Å². The standard InChI is InChI=1S/C23H31NO4.C22H29NO5.C22H29NO4S.C21H27NO4S2/c25-21(16-14-19-9-4-3-5-10-19)17-15-20-11-8-12-22(26)24(20)18-7-2-1-6-13-23(27)28;24-19(17-28-20-10-4-3-5-11-20)15-14-18-9-8-12-21(25)23(18)16-7-2-1-6-13-22(26)27;24-20-12-8-11-19(23(20)16-7-2-1-6-13-21(25)26)14-15-22(27)28-17-18-9-4-3-5-10-18;23-18(16-28-19-9-3-1-4-10-19)13-12-17-8-7-11-20(24)22(17)14-5-2-6-15-27-21(25)26/h2-5,7,9-10,15,17,20-21,25H,1,6,8,11-14,16,18H2,(H,27,28);2-5,7,10-11,14-15,18-19,24H,1,6,8-9,12-13,16-17H2,(H,26,27);2-5,7,9-10,14-15,19,22,27H,1,6,8,11-13,16-17H2,(H,25,26);1-5,9-10,12-13,17-18,23H,6-8,11,14-16H2,(H,25,26)/t20-,21?;18-,19?;19-,22?;17-,18?/m1111/s1. The zero-order valence-corrected chi connectivity index (χ0v) is 66.7. The largest absolute Gasteiger partial charge is 0.491 e. The number of hydrogen-bond donors (Lipinski definition) is 8. The molecule has 4 amide bonds. The highest BCUT2D eigenvalue weighted by atomic mass is 32.2. The molecule has 0 aromatic heterocycles. The number of carboxylic acids is 3. The van der Waals surface area contributed by atoms with Crippen molar-refractivity contribution in [2.24, 2.45) is 0 Å². The minimum atomic E-state index is -0.867. The summed E-state index contributed by atoms with van der Waals surface area (Å²) in [5.74, 6) is 0.665. The number of rotatable bonds is 43. The van der Waals surface area contributed by atoms with Gasteiger partial charge in [-0.25, -0.2) is 4.79 Å². The first-order valence-corrected chi connectivity index (χ1v) is 42.1. The lowest BCUT2D eigenvalue weighted by molar-refractivity contribution is -0.138. The number of aryl methyl sites for hydroxylation is 1. The minimum Gasteiger partial charge on any atom is -0.491 e. The summed E-state index contributed by atoms with van der Waals surface area (Å²) in [4.78, 5) is 99.6. The summed E-state index contributed by atoms with van der Waals surface area (Å²) in [5.41, 5.74) is 1.77. The van der Waals surface area contributed by atoms with E-state index in [9.17, 15) is 58.8 Å². The first kappa shape index (κ1) is 93.8. The summed E-state index contributed by atoms with van der Waals surface area (Å²) in [5, 5.41) is 74.5. The fraction of sp³-hybridized carbons (Fsp3) is 0.455. The van der Waals surface area contributed by atoms with Crippen LogP contribution >= 0.6 is 35.3 Å². The van der Waals surface area contributed by atoms with Crippen LogP contribution in [0.2, 0.25) is 0 Å². The van der Waals surface area contributed by atoms with Crippen molar-refractivity contribution < 1.29 is 83.9 Å². The van der Waals surface area contributed by atoms with Crippen LogP contribution in [0.25, 0.3) is 0 Å². The number of likely N-dealkylation sites (tertiary alicyclic amines) is 4. The number of allylic oxidation sites excluding steroid dienone is 4. The molecule has 8 rings (SSSR count). The molecule has 0 radical (unpaired) electrons. The third-order valence-corrected chi connectivity index (χ3v) is 21.2. The Balaban J connectivity index is 0.000000267. The highest BCUT2D eigenvalue weighted by molar-refractivity contribution is 8.13. The van der Waals surface area contributed by atoms with E-state index in [1.165, 1.54) is 22.9 Å². The normalized spacial score (nSPS) is 18.8. The predicted octanol–water partition coefficient (Wildman–Crippen LogP) is 15.3. The van der Waals surface area contributed by atoms with E-state index in [4.69, 9.17) is 25.2 Å². The monoisotopic (exact) mass is 1600 g/mol. The molecule has 0 spiro atoms. The van der Waals surface area contributed by atoms with Gasteiger partial charge in [-0.15, -0.1) is 23.5 Å². The molecule has 0 bridgehead atoms. The molecule has 608 valence electrons. The van der Waals surface area contributed by atoms with E-state index in [0.717, 1.165) is 80.2 Å². The maximum Gasteiger partial charge on any atom is 0.364 e. The van der Waals surface area contributed by atoms with Gasteiger partial charge in [0.1, 0.15) is 23.9 Å². The fourth-order valence-corrected chi connectivity index (χ4v) is 14.5. The predicted molar refractivity (Wildman–Crippen MR) is 446 cm³/mol. The molecule has 4 aromatic carbocycles. The SMILES string of the molecule is O=C(O)CCCC=CCN1C(=O)CCC[C@@H]1C=CC(O)CCc1ccccc1.O=C(O)CCCC=CCN1C(=O)CCC[C@@H]1C=CC(O)COc1ccccc1.O=C(O)CCCC=CCN1C(=O)CCC[C@@H]1C=CC(O)SCc1ccccc1.O=C(O)SCCC=CCN1C(=O)CCC[C@@H]1C=CC(O)CSc1ccccc1. The number of aliphatic carboxylic acids is 3. The second kappa shape index (κ2) is 57.3. The first-order chi connectivity index (χ1) is 54.2. The lowest BCUT2D eigenvalue weighted by Gasteiger charge is -2.33. The van der Waals surface area contributed by atoms with Crippen LogP contribution in [0.3, 0.4) is 0 Å². The number of piperidine rings is 4. The average molecular weight is 1600 g/mol. The number of unbranched alkanes of at least 4 members (excludes halogenated alkanes) is 3. The summed E-state index contributed by atoms with van der Waals surface area (Å²) >= 11 is 3.93. The summed E-state index contributed by atoms with van der Waals surface area (Å²) < 4.78 is 5.54. The van der Waals surface area contributed by atoms with Gasteiger partial charge >= 0.3 is 23.2 Å². The van der Waals surface area contributed by atoms with Crippen molar-refractivity contribution in [1.82, 2.24) is 19.6 Å². The Morgan fingerprint density at radius 2 is 0.804 bits per heavy atom. The molecule has 4 unspecified atom stereocenters. The lowest BCUT2D eigenvalue weighted by Crippen LogP contribution is -2.42. The molecule has 8 atom stereocenters. The smallest absolute Gasteiger partial charge is 0.364 e. The Morgan fingerprint density at radius 3 is 1.21 bits per heavy atom. The Morgan fingerprint density at radius 1 is 0.438 bits per heavy atom. The van der Waals surface area contributed by atoms with E-state index in [2.05, 4.69) is 12.1 Å². The highest BCUT2D eigenvalue weighted by Gasteiger charge is 2.29. The number of ether oxygens (including phenoxy) is 1. The van der Waals surface area contributed by atoms with Gasteiger partial charge in [0.2, 0.25) is 23.6 Å². The van der Waals surface area contributed by atoms with Gasteiger partial charge in [-0.1, -0.05) is 188 Å². The highest BCUT2D eigenvalue weighted by Crippen LogP contribution is 2.26. The zero-order valence-electron chi connectivity index (χ0n) is 64.3. The van der Waals surface area contributed by atoms with Crippen LogP contribution in [0, 0.1) is 0 Å². The van der Waals surface area contributed by atoms with Crippen molar-refractivity contribution in [2.45, 2.75) is 213 Å². The molecule has 4 aromatic rings. The molecule has 21 nitrogen and oxygen atoms in total. The minimum absolute atomic E-state index is 0.00288. The van der Waals surface area contributed by atoms with E-state index in [-0.39, 0.29) is 73.7 Å². The van der Waals surface area contributed by atoms with Gasteiger partial charge in [-0.3, -0.25) is 33.6 Å². The summed E-state index contributed by atoms with van der Waals surface area (Å²) in [7, 11) is 0. The number of benzene rings is 4. The molecule has 4 saturated heterocycles. The quantitative estimate of drug-likeness (QED) is 0.00883. The van der Waals surface area contributed by atoms with E-state index in [1.807, 2.05) is 203 Å². The Hall–Kier alpha value is -8.75. The number of thioether (sulfide) groups is 3.